The van der Waals surface area contributed by atoms with Crippen molar-refractivity contribution < 1.29 is 10.2 Å². The van der Waals surface area contributed by atoms with Crippen LogP contribution in [0.2, 0.25) is 0 Å². The lowest BCUT2D eigenvalue weighted by Crippen LogP contribution is -2.21. The van der Waals surface area contributed by atoms with E-state index in [1.54, 1.807) is 0 Å². The summed E-state index contributed by atoms with van der Waals surface area (Å²) < 4.78 is 0. The van der Waals surface area contributed by atoms with Crippen LogP contribution in [0.4, 0.5) is 0 Å². The monoisotopic (exact) mass is 490 g/mol. The molecule has 0 aliphatic heterocycles. The minimum Gasteiger partial charge on any atom is -0.505 e. The summed E-state index contributed by atoms with van der Waals surface area (Å²) in [4.78, 5) is 2.97. The van der Waals surface area contributed by atoms with E-state index in [-0.39, 0.29) is 11.5 Å². The van der Waals surface area contributed by atoms with Crippen molar-refractivity contribution in [1.29, 1.82) is 0 Å². The fourth-order valence-corrected chi connectivity index (χ4v) is 4.65. The van der Waals surface area contributed by atoms with Crippen LogP contribution in [-0.4, -0.2) is 40.2 Å². The first kappa shape index (κ1) is 22.7. The molecule has 0 saturated carbocycles. The summed E-state index contributed by atoms with van der Waals surface area (Å²) in [6.45, 7) is 7.96. The normalized spacial score (nSPS) is 12.0. The standard InChI is InChI=1S/C29H26N6O2/c1-17-13-19(15-25(27(17)36)34-30-21-9-5-6-10-22(21)31-34)29(3,4)20-14-18(2)28(37)26(16-20)35-32-23-11-7-8-12-24(23)33-35/h5-16,36-37H,1-4H3. The van der Waals surface area contributed by atoms with Crippen LogP contribution in [-0.2, 0) is 5.41 Å². The maximum Gasteiger partial charge on any atom is 0.146 e. The second-order valence-electron chi connectivity index (χ2n) is 9.90. The topological polar surface area (TPSA) is 102 Å². The van der Waals surface area contributed by atoms with Gasteiger partial charge < -0.3 is 10.2 Å². The number of rotatable bonds is 4. The van der Waals surface area contributed by atoms with Crippen molar-refractivity contribution in [2.24, 2.45) is 0 Å². The Bertz CT molecular complexity index is 1620. The summed E-state index contributed by atoms with van der Waals surface area (Å²) >= 11 is 0. The van der Waals surface area contributed by atoms with E-state index >= 15 is 0 Å². The summed E-state index contributed by atoms with van der Waals surface area (Å²) in [7, 11) is 0. The molecule has 0 spiro atoms. The Hall–Kier alpha value is -4.72. The fourth-order valence-electron chi connectivity index (χ4n) is 4.65. The van der Waals surface area contributed by atoms with Gasteiger partial charge in [0.2, 0.25) is 0 Å². The van der Waals surface area contributed by atoms with Crippen molar-refractivity contribution in [2.75, 3.05) is 0 Å². The largest absolute Gasteiger partial charge is 0.505 e. The molecular formula is C29H26N6O2. The molecule has 2 aromatic heterocycles. The molecule has 184 valence electrons. The summed E-state index contributed by atoms with van der Waals surface area (Å²) in [5.41, 5.74) is 6.90. The van der Waals surface area contributed by atoms with Crippen LogP contribution in [0.15, 0.2) is 72.8 Å². The lowest BCUT2D eigenvalue weighted by molar-refractivity contribution is 0.461. The van der Waals surface area contributed by atoms with Gasteiger partial charge in [-0.15, -0.1) is 30.0 Å². The first-order valence-corrected chi connectivity index (χ1v) is 12.1. The third-order valence-electron chi connectivity index (χ3n) is 7.01. The Morgan fingerprint density at radius 3 is 1.22 bits per heavy atom. The molecule has 8 nitrogen and oxygen atoms in total. The van der Waals surface area contributed by atoms with Crippen molar-refractivity contribution in [3.8, 4) is 22.9 Å². The van der Waals surface area contributed by atoms with Crippen LogP contribution >= 0.6 is 0 Å². The number of hydrogen-bond donors (Lipinski definition) is 2. The summed E-state index contributed by atoms with van der Waals surface area (Å²) in [6, 6.07) is 23.0. The van der Waals surface area contributed by atoms with Crippen molar-refractivity contribution in [3.63, 3.8) is 0 Å². The quantitative estimate of drug-likeness (QED) is 0.338. The third kappa shape index (κ3) is 3.69. The summed E-state index contributed by atoms with van der Waals surface area (Å²) in [5, 5.41) is 40.1. The number of aryl methyl sites for hydroxylation is 2. The Morgan fingerprint density at radius 2 is 0.892 bits per heavy atom. The zero-order valence-corrected chi connectivity index (χ0v) is 21.0. The number of nitrogens with zero attached hydrogens (tertiary/aromatic N) is 6. The highest BCUT2D eigenvalue weighted by atomic mass is 16.3. The van der Waals surface area contributed by atoms with Gasteiger partial charge in [-0.1, -0.05) is 50.2 Å². The van der Waals surface area contributed by atoms with E-state index in [1.165, 1.54) is 9.59 Å². The fraction of sp³-hybridized carbons (Fsp3) is 0.172. The van der Waals surface area contributed by atoms with Crippen molar-refractivity contribution in [3.05, 3.63) is 95.1 Å². The predicted octanol–water partition coefficient (Wildman–Crippen LogP) is 5.51. The van der Waals surface area contributed by atoms with Crippen molar-refractivity contribution in [2.45, 2.75) is 33.1 Å². The highest BCUT2D eigenvalue weighted by Gasteiger charge is 2.28. The van der Waals surface area contributed by atoms with Gasteiger partial charge in [0.05, 0.1) is 0 Å². The molecule has 0 radical (unpaired) electrons. The lowest BCUT2D eigenvalue weighted by atomic mass is 9.76. The number of phenols is 2. The molecule has 6 aromatic rings. The average molecular weight is 491 g/mol. The molecule has 2 N–H and O–H groups in total. The number of benzene rings is 4. The molecule has 4 aromatic carbocycles. The molecule has 0 amide bonds. The first-order valence-electron chi connectivity index (χ1n) is 12.1. The molecule has 37 heavy (non-hydrogen) atoms. The van der Waals surface area contributed by atoms with Gasteiger partial charge in [0.15, 0.2) is 0 Å². The molecule has 0 aliphatic rings. The van der Waals surface area contributed by atoms with Crippen LogP contribution in [0.3, 0.4) is 0 Å². The molecule has 8 heteroatoms. The Balaban J connectivity index is 1.49. The van der Waals surface area contributed by atoms with E-state index < -0.39 is 5.41 Å². The maximum atomic E-state index is 10.9. The van der Waals surface area contributed by atoms with E-state index in [4.69, 9.17) is 0 Å². The average Bonchev–Trinajstić information content (AvgIpc) is 3.51. The van der Waals surface area contributed by atoms with Gasteiger partial charge in [0.1, 0.15) is 44.9 Å². The molecule has 0 atom stereocenters. The molecule has 0 unspecified atom stereocenters. The maximum absolute atomic E-state index is 10.9. The highest BCUT2D eigenvalue weighted by molar-refractivity contribution is 5.74. The minimum atomic E-state index is -0.500. The molecule has 0 aliphatic carbocycles. The van der Waals surface area contributed by atoms with Crippen LogP contribution < -0.4 is 0 Å². The number of hydrogen-bond acceptors (Lipinski definition) is 6. The van der Waals surface area contributed by atoms with Gasteiger partial charge in [0.25, 0.3) is 0 Å². The van der Waals surface area contributed by atoms with Crippen LogP contribution in [0, 0.1) is 13.8 Å². The Labute approximate surface area is 213 Å². The number of fused-ring (bicyclic) bond motifs is 2. The zero-order chi connectivity index (χ0) is 25.9. The van der Waals surface area contributed by atoms with Crippen molar-refractivity contribution in [1.82, 2.24) is 30.0 Å². The van der Waals surface area contributed by atoms with Gasteiger partial charge in [-0.25, -0.2) is 0 Å². The number of phenolic OH excluding ortho intramolecular Hbond substituents is 2. The van der Waals surface area contributed by atoms with Gasteiger partial charge in [-0.2, -0.15) is 0 Å². The molecule has 2 heterocycles. The Kier molecular flexibility index (Phi) is 5.01. The third-order valence-corrected chi connectivity index (χ3v) is 7.01. The minimum absolute atomic E-state index is 0.134. The number of aromatic nitrogens is 6. The summed E-state index contributed by atoms with van der Waals surface area (Å²) in [5.74, 6) is 0.268. The van der Waals surface area contributed by atoms with Gasteiger partial charge >= 0.3 is 0 Å². The first-order chi connectivity index (χ1) is 17.7. The smallest absolute Gasteiger partial charge is 0.146 e. The second-order valence-corrected chi connectivity index (χ2v) is 9.90. The number of aromatic hydroxyl groups is 2. The van der Waals surface area contributed by atoms with Crippen LogP contribution in [0.1, 0.15) is 36.1 Å². The van der Waals surface area contributed by atoms with E-state index in [1.807, 2.05) is 86.6 Å². The molecule has 6 rings (SSSR count). The van der Waals surface area contributed by atoms with E-state index in [0.29, 0.717) is 11.4 Å². The van der Waals surface area contributed by atoms with Gasteiger partial charge in [-0.05, 0) is 72.5 Å². The lowest BCUT2D eigenvalue weighted by Gasteiger charge is -2.28. The molecular weight excluding hydrogens is 464 g/mol. The zero-order valence-electron chi connectivity index (χ0n) is 21.0. The van der Waals surface area contributed by atoms with Crippen LogP contribution in [0.5, 0.6) is 11.5 Å². The SMILES string of the molecule is Cc1cc(C(C)(C)c2cc(C)c(O)c(-n3nc4ccccc4n3)c2)cc(-n2nc3ccccc3n2)c1O. The predicted molar refractivity (Wildman–Crippen MR) is 143 cm³/mol. The van der Waals surface area contributed by atoms with Crippen molar-refractivity contribution >= 4 is 22.1 Å². The second kappa shape index (κ2) is 8.16. The van der Waals surface area contributed by atoms with Crippen LogP contribution in [0.25, 0.3) is 33.4 Å². The molecule has 0 saturated heterocycles. The van der Waals surface area contributed by atoms with Gasteiger partial charge in [0, 0.05) is 5.41 Å². The van der Waals surface area contributed by atoms with E-state index in [2.05, 4.69) is 34.2 Å². The van der Waals surface area contributed by atoms with Gasteiger partial charge in [-0.3, -0.25) is 0 Å². The highest BCUT2D eigenvalue weighted by Crippen LogP contribution is 2.40. The van der Waals surface area contributed by atoms with E-state index in [0.717, 1.165) is 44.3 Å². The summed E-state index contributed by atoms with van der Waals surface area (Å²) in [6.07, 6.45) is 0. The van der Waals surface area contributed by atoms with E-state index in [9.17, 15) is 10.2 Å². The Morgan fingerprint density at radius 1 is 0.568 bits per heavy atom. The molecule has 0 bridgehead atoms. The molecule has 0 fully saturated rings.